The monoisotopic (exact) mass is 735 g/mol. The topological polar surface area (TPSA) is 156 Å². The maximum Gasteiger partial charge on any atom is 0.333 e. The molecule has 1 saturated carbocycles. The Kier molecular flexibility index (Phi) is 14.2. The van der Waals surface area contributed by atoms with E-state index in [2.05, 4.69) is 58.3 Å². The van der Waals surface area contributed by atoms with Crippen molar-refractivity contribution in [3.8, 4) is 22.5 Å². The Morgan fingerprint density at radius 2 is 1.80 bits per heavy atom. The van der Waals surface area contributed by atoms with E-state index in [9.17, 15) is 27.2 Å². The molecule has 0 spiro atoms. The molecule has 12 nitrogen and oxygen atoms in total. The second-order valence-electron chi connectivity index (χ2n) is 13.1. The van der Waals surface area contributed by atoms with Gasteiger partial charge in [0, 0.05) is 37.0 Å². The van der Waals surface area contributed by atoms with E-state index in [1.54, 1.807) is 42.5 Å². The molecule has 1 atom stereocenters. The molecule has 2 heterocycles. The van der Waals surface area contributed by atoms with Gasteiger partial charge in [0.1, 0.15) is 11.9 Å². The molecule has 2 aromatic heterocycles. The number of nitrogens with two attached hydrogens (primary N) is 1. The lowest BCUT2D eigenvalue weighted by Gasteiger charge is -2.31. The Morgan fingerprint density at radius 1 is 1.16 bits per heavy atom. The number of halogens is 5. The van der Waals surface area contributed by atoms with E-state index < -0.39 is 30.5 Å². The third-order valence-electron chi connectivity index (χ3n) is 7.20. The van der Waals surface area contributed by atoms with Gasteiger partial charge in [-0.25, -0.2) is 18.4 Å². The summed E-state index contributed by atoms with van der Waals surface area (Å²) in [6.45, 7) is 6.11. The zero-order chi connectivity index (χ0) is 37.9. The number of nitrogens with zero attached hydrogens (tertiary/aromatic N) is 6. The summed E-state index contributed by atoms with van der Waals surface area (Å²) in [6, 6.07) is 11.0. The van der Waals surface area contributed by atoms with Gasteiger partial charge in [-0.2, -0.15) is 19.0 Å². The number of carbonyl (C=O) groups is 2. The van der Waals surface area contributed by atoms with Gasteiger partial charge in [-0.15, -0.1) is 0 Å². The largest absolute Gasteiger partial charge is 0.382 e. The van der Waals surface area contributed by atoms with Gasteiger partial charge >= 0.3 is 6.55 Å². The highest BCUT2D eigenvalue weighted by molar-refractivity contribution is 6.33. The number of carbonyl (C=O) groups excluding carboxylic acids is 2. The normalized spacial score (nSPS) is 14.2. The van der Waals surface area contributed by atoms with Crippen molar-refractivity contribution in [2.75, 3.05) is 20.8 Å². The smallest absolute Gasteiger partial charge is 0.333 e. The number of ether oxygens (including phenoxy) is 1. The number of aromatic amines is 1. The van der Waals surface area contributed by atoms with Crippen LogP contribution in [-0.2, 0) is 9.53 Å². The minimum absolute atomic E-state index is 0.0227. The minimum Gasteiger partial charge on any atom is -0.382 e. The van der Waals surface area contributed by atoms with Gasteiger partial charge in [0.15, 0.2) is 11.8 Å². The lowest BCUT2D eigenvalue weighted by atomic mass is 10.0. The molecule has 0 radical (unpaired) electrons. The molecule has 4 N–H and O–H groups in total. The molecule has 0 aliphatic heterocycles. The van der Waals surface area contributed by atoms with Gasteiger partial charge < -0.3 is 15.8 Å². The third kappa shape index (κ3) is 11.3. The predicted molar refractivity (Wildman–Crippen MR) is 186 cm³/mol. The van der Waals surface area contributed by atoms with Crippen LogP contribution in [0.5, 0.6) is 0 Å². The van der Waals surface area contributed by atoms with Crippen LogP contribution < -0.4 is 11.1 Å². The number of methoxy groups -OCH3 is 1. The van der Waals surface area contributed by atoms with Crippen LogP contribution in [0.15, 0.2) is 66.2 Å². The first kappa shape index (κ1) is 40.6. The Balaban J connectivity index is 0.000000418. The number of rotatable bonds is 11. The van der Waals surface area contributed by atoms with Crippen LogP contribution in [-0.4, -0.2) is 80.9 Å². The Morgan fingerprint density at radius 3 is 2.25 bits per heavy atom. The van der Waals surface area contributed by atoms with Crippen LogP contribution in [0.4, 0.5) is 17.6 Å². The number of hydrogen-bond donors (Lipinski definition) is 3. The second kappa shape index (κ2) is 17.9. The van der Waals surface area contributed by atoms with Crippen LogP contribution in [0.3, 0.4) is 0 Å². The van der Waals surface area contributed by atoms with E-state index in [0.717, 1.165) is 0 Å². The van der Waals surface area contributed by atoms with Crippen molar-refractivity contribution in [1.29, 1.82) is 0 Å². The van der Waals surface area contributed by atoms with Crippen LogP contribution in [0.2, 0.25) is 5.02 Å². The van der Waals surface area contributed by atoms with E-state index in [1.807, 2.05) is 0 Å². The standard InChI is InChI=1S/C24H23ClF2N8O2.C5H7F2NO.C5H12/c1-29-24(28)35(20(12-37-2)16-7-8-19(25)18(9-16)21-30-13-31-33-21)22(36)15-5-3-14(4-6-15)17-10-32-34(11-17)23(26)27;6-4(7)5(1-2-5)8-3-9;1-5(2,3)4/h3-11,13,20,23H,12H2,1-2H3,(H2,28,29)(H,30,31,33);3-4H,1-2H2,(H,8,9);1-4H3. The number of nitrogens with one attached hydrogen (secondary N) is 2. The van der Waals surface area contributed by atoms with Crippen molar-refractivity contribution >= 4 is 29.9 Å². The molecule has 17 heteroatoms. The van der Waals surface area contributed by atoms with E-state index in [4.69, 9.17) is 22.1 Å². The summed E-state index contributed by atoms with van der Waals surface area (Å²) in [6.07, 6.45) is 2.66. The third-order valence-corrected chi connectivity index (χ3v) is 7.53. The Hall–Kier alpha value is -4.83. The van der Waals surface area contributed by atoms with Gasteiger partial charge in [0.25, 0.3) is 12.3 Å². The summed E-state index contributed by atoms with van der Waals surface area (Å²) in [5.74, 6) is 0.00502. The van der Waals surface area contributed by atoms with E-state index in [-0.39, 0.29) is 12.6 Å². The number of amides is 2. The van der Waals surface area contributed by atoms with Crippen LogP contribution in [0.25, 0.3) is 22.5 Å². The van der Waals surface area contributed by atoms with Crippen molar-refractivity contribution < 1.29 is 31.9 Å². The molecule has 276 valence electrons. The van der Waals surface area contributed by atoms with E-state index in [1.165, 1.54) is 37.8 Å². The highest BCUT2D eigenvalue weighted by Gasteiger charge is 2.50. The van der Waals surface area contributed by atoms with Gasteiger partial charge in [-0.05, 0) is 53.6 Å². The number of alkyl halides is 4. The fourth-order valence-electron chi connectivity index (χ4n) is 4.47. The zero-order valence-corrected chi connectivity index (χ0v) is 29.8. The first-order valence-corrected chi connectivity index (χ1v) is 16.0. The summed E-state index contributed by atoms with van der Waals surface area (Å²) in [5, 5.41) is 12.8. The minimum atomic E-state index is -2.74. The molecule has 4 aromatic rings. The summed E-state index contributed by atoms with van der Waals surface area (Å²) < 4.78 is 55.4. The average Bonchev–Trinajstić information content (AvgIpc) is 3.44. The first-order chi connectivity index (χ1) is 24.0. The fraction of sp³-hybridized carbons (Fsp3) is 0.412. The number of guanidine groups is 1. The van der Waals surface area contributed by atoms with Crippen molar-refractivity contribution in [1.82, 2.24) is 35.2 Å². The van der Waals surface area contributed by atoms with Crippen LogP contribution in [0.1, 0.15) is 69.0 Å². The lowest BCUT2D eigenvalue weighted by molar-refractivity contribution is -0.111. The zero-order valence-electron chi connectivity index (χ0n) is 29.1. The van der Waals surface area contributed by atoms with Crippen molar-refractivity contribution in [2.45, 2.75) is 65.1 Å². The molecule has 5 rings (SSSR count). The van der Waals surface area contributed by atoms with Crippen molar-refractivity contribution in [3.63, 3.8) is 0 Å². The highest BCUT2D eigenvalue weighted by Crippen LogP contribution is 2.40. The summed E-state index contributed by atoms with van der Waals surface area (Å²) in [5.41, 5.74) is 8.23. The van der Waals surface area contributed by atoms with Crippen molar-refractivity contribution in [2.24, 2.45) is 16.1 Å². The van der Waals surface area contributed by atoms with Crippen LogP contribution >= 0.6 is 11.6 Å². The van der Waals surface area contributed by atoms with Gasteiger partial charge in [0.05, 0.1) is 23.9 Å². The number of aliphatic imine (C=N–C) groups is 1. The van der Waals surface area contributed by atoms with E-state index >= 15 is 0 Å². The maximum atomic E-state index is 13.7. The first-order valence-electron chi connectivity index (χ1n) is 15.7. The van der Waals surface area contributed by atoms with Gasteiger partial charge in [-0.1, -0.05) is 57.5 Å². The lowest BCUT2D eigenvalue weighted by Crippen LogP contribution is -2.45. The molecule has 2 amide bonds. The number of hydrogen-bond acceptors (Lipinski definition) is 7. The average molecular weight is 736 g/mol. The number of H-pyrrole nitrogens is 1. The SMILES string of the molecule is CC(C)(C)C.CN=C(N)N(C(=O)c1ccc(-c2cnn(C(F)F)c2)cc1)C(COC)c1ccc(Cl)c(-c2ncn[nH]2)c1.O=CNC1(C(F)F)CC1. The molecule has 1 aliphatic rings. The van der Waals surface area contributed by atoms with Gasteiger partial charge in [-0.3, -0.25) is 24.6 Å². The molecule has 2 aromatic carbocycles. The van der Waals surface area contributed by atoms with Crippen molar-refractivity contribution in [3.05, 3.63) is 77.3 Å². The Bertz CT molecular complexity index is 1730. The number of aromatic nitrogens is 5. The molecular formula is C34H42ClF4N9O3. The summed E-state index contributed by atoms with van der Waals surface area (Å²) in [4.78, 5) is 33.0. The number of benzene rings is 2. The predicted octanol–water partition coefficient (Wildman–Crippen LogP) is 6.74. The molecule has 1 fully saturated rings. The highest BCUT2D eigenvalue weighted by atomic mass is 35.5. The van der Waals surface area contributed by atoms with Gasteiger partial charge in [0.2, 0.25) is 6.41 Å². The van der Waals surface area contributed by atoms with E-state index in [0.29, 0.717) is 68.0 Å². The summed E-state index contributed by atoms with van der Waals surface area (Å²) >= 11 is 6.39. The quantitative estimate of drug-likeness (QED) is 0.0667. The molecule has 51 heavy (non-hydrogen) atoms. The molecule has 1 unspecified atom stereocenters. The maximum absolute atomic E-state index is 13.7. The fourth-order valence-corrected chi connectivity index (χ4v) is 4.68. The molecule has 0 bridgehead atoms. The van der Waals surface area contributed by atoms with Crippen LogP contribution in [0, 0.1) is 5.41 Å². The Labute approximate surface area is 298 Å². The molecular weight excluding hydrogens is 694 g/mol. The molecule has 1 aliphatic carbocycles. The molecule has 0 saturated heterocycles. The second-order valence-corrected chi connectivity index (χ2v) is 13.5. The summed E-state index contributed by atoms with van der Waals surface area (Å²) in [7, 11) is 2.99.